The van der Waals surface area contributed by atoms with Gasteiger partial charge in [0.15, 0.2) is 0 Å². The molecule has 1 atom stereocenters. The molecule has 1 aliphatic heterocycles. The van der Waals surface area contributed by atoms with Gasteiger partial charge in [-0.05, 0) is 20.5 Å². The molecule has 76 valence electrons. The lowest BCUT2D eigenvalue weighted by Crippen LogP contribution is -2.31. The Labute approximate surface area is 86.2 Å². The first kappa shape index (κ1) is 11.0. The van der Waals surface area contributed by atoms with Crippen molar-refractivity contribution in [1.29, 1.82) is 0 Å². The van der Waals surface area contributed by atoms with Crippen LogP contribution >= 0.6 is 11.6 Å². The van der Waals surface area contributed by atoms with Crippen molar-refractivity contribution >= 4 is 11.6 Å². The first-order valence-electron chi connectivity index (χ1n) is 4.83. The van der Waals surface area contributed by atoms with Crippen molar-refractivity contribution in [2.24, 2.45) is 0 Å². The summed E-state index contributed by atoms with van der Waals surface area (Å²) in [5.41, 5.74) is 0. The maximum Gasteiger partial charge on any atom is 0.0404 e. The molecule has 0 saturated carbocycles. The average Bonchev–Trinajstić information content (AvgIpc) is 2.53. The van der Waals surface area contributed by atoms with Crippen LogP contribution in [-0.4, -0.2) is 55.5 Å². The quantitative estimate of drug-likeness (QED) is 0.503. The summed E-state index contributed by atoms with van der Waals surface area (Å²) in [7, 11) is 4.31. The molecule has 0 aromatic carbocycles. The second-order valence-electron chi connectivity index (χ2n) is 3.79. The highest BCUT2D eigenvalue weighted by Crippen LogP contribution is 2.12. The number of hydrogen-bond acceptors (Lipinski definition) is 2. The summed E-state index contributed by atoms with van der Waals surface area (Å²) < 4.78 is 0. The number of halogens is 1. The number of likely N-dealkylation sites (tertiary alicyclic amines) is 1. The van der Waals surface area contributed by atoms with Crippen molar-refractivity contribution in [1.82, 2.24) is 9.80 Å². The van der Waals surface area contributed by atoms with E-state index in [0.29, 0.717) is 5.88 Å². The average molecular weight is 203 g/mol. The zero-order chi connectivity index (χ0) is 9.68. The molecule has 1 heterocycles. The van der Waals surface area contributed by atoms with E-state index in [2.05, 4.69) is 30.0 Å². The molecule has 0 aromatic rings. The summed E-state index contributed by atoms with van der Waals surface area (Å²) in [4.78, 5) is 4.78. The summed E-state index contributed by atoms with van der Waals surface area (Å²) in [6.45, 7) is 3.46. The number of allylic oxidation sites excluding steroid dienone is 1. The van der Waals surface area contributed by atoms with Crippen molar-refractivity contribution in [3.05, 3.63) is 12.2 Å². The second-order valence-corrected chi connectivity index (χ2v) is 4.10. The maximum atomic E-state index is 5.55. The van der Waals surface area contributed by atoms with Gasteiger partial charge in [-0.15, -0.1) is 11.6 Å². The molecule has 1 saturated heterocycles. The first-order chi connectivity index (χ1) is 6.24. The van der Waals surface area contributed by atoms with Crippen LogP contribution in [0.15, 0.2) is 12.2 Å². The summed E-state index contributed by atoms with van der Waals surface area (Å²) in [5, 5.41) is 0. The van der Waals surface area contributed by atoms with E-state index in [1.54, 1.807) is 0 Å². The van der Waals surface area contributed by atoms with Crippen LogP contribution in [-0.2, 0) is 0 Å². The van der Waals surface area contributed by atoms with Gasteiger partial charge in [-0.3, -0.25) is 4.90 Å². The lowest BCUT2D eigenvalue weighted by atomic mass is 10.2. The number of alkyl halides is 1. The van der Waals surface area contributed by atoms with Gasteiger partial charge in [0.05, 0.1) is 0 Å². The normalized spacial score (nSPS) is 25.1. The number of hydrogen-bond donors (Lipinski definition) is 0. The van der Waals surface area contributed by atoms with Crippen LogP contribution in [0.4, 0.5) is 0 Å². The molecule has 0 aromatic heterocycles. The first-order valence-corrected chi connectivity index (χ1v) is 5.37. The van der Waals surface area contributed by atoms with E-state index in [1.807, 2.05) is 6.08 Å². The third kappa shape index (κ3) is 3.67. The molecule has 1 fully saturated rings. The van der Waals surface area contributed by atoms with Crippen molar-refractivity contribution in [3.63, 3.8) is 0 Å². The van der Waals surface area contributed by atoms with Crippen LogP contribution < -0.4 is 0 Å². The van der Waals surface area contributed by atoms with Gasteiger partial charge in [0.2, 0.25) is 0 Å². The van der Waals surface area contributed by atoms with Gasteiger partial charge in [-0.25, -0.2) is 0 Å². The third-order valence-corrected chi connectivity index (χ3v) is 2.78. The molecule has 1 unspecified atom stereocenters. The smallest absolute Gasteiger partial charge is 0.0404 e. The van der Waals surface area contributed by atoms with E-state index >= 15 is 0 Å². The molecule has 0 N–H and O–H groups in total. The fourth-order valence-electron chi connectivity index (χ4n) is 1.69. The minimum Gasteiger partial charge on any atom is -0.305 e. The monoisotopic (exact) mass is 202 g/mol. The standard InChI is InChI=1S/C10H19ClN2/c1-12(2)10-5-8-13(9-10)7-4-3-6-11/h3-4,10H,5-9H2,1-2H3. The molecule has 0 spiro atoms. The zero-order valence-electron chi connectivity index (χ0n) is 8.54. The molecule has 13 heavy (non-hydrogen) atoms. The predicted octanol–water partition coefficient (Wildman–Crippen LogP) is 1.42. The predicted molar refractivity (Wildman–Crippen MR) is 58.4 cm³/mol. The van der Waals surface area contributed by atoms with Crippen LogP contribution in [0.5, 0.6) is 0 Å². The van der Waals surface area contributed by atoms with Crippen LogP contribution in [0.3, 0.4) is 0 Å². The topological polar surface area (TPSA) is 6.48 Å². The highest BCUT2D eigenvalue weighted by molar-refractivity contribution is 6.18. The van der Waals surface area contributed by atoms with Crippen LogP contribution in [0.25, 0.3) is 0 Å². The Morgan fingerprint density at radius 1 is 1.46 bits per heavy atom. The summed E-state index contributed by atoms with van der Waals surface area (Å²) in [5.74, 6) is 0.630. The Morgan fingerprint density at radius 3 is 2.77 bits per heavy atom. The highest BCUT2D eigenvalue weighted by atomic mass is 35.5. The molecular formula is C10H19ClN2. The molecule has 0 aliphatic carbocycles. The van der Waals surface area contributed by atoms with Crippen LogP contribution in [0.1, 0.15) is 6.42 Å². The lowest BCUT2D eigenvalue weighted by molar-refractivity contribution is 0.280. The summed E-state index contributed by atoms with van der Waals surface area (Å²) >= 11 is 5.55. The fraction of sp³-hybridized carbons (Fsp3) is 0.800. The van der Waals surface area contributed by atoms with Crippen molar-refractivity contribution in [3.8, 4) is 0 Å². The molecule has 2 nitrogen and oxygen atoms in total. The highest BCUT2D eigenvalue weighted by Gasteiger charge is 2.22. The van der Waals surface area contributed by atoms with E-state index in [-0.39, 0.29) is 0 Å². The Bertz CT molecular complexity index is 168. The SMILES string of the molecule is CN(C)C1CCN(CC=CCCl)C1. The van der Waals surface area contributed by atoms with Crippen LogP contribution in [0, 0.1) is 0 Å². The van der Waals surface area contributed by atoms with E-state index < -0.39 is 0 Å². The third-order valence-electron chi connectivity index (χ3n) is 2.60. The summed E-state index contributed by atoms with van der Waals surface area (Å²) in [6.07, 6.45) is 5.47. The van der Waals surface area contributed by atoms with Crippen molar-refractivity contribution < 1.29 is 0 Å². The minimum atomic E-state index is 0.630. The number of rotatable bonds is 4. The van der Waals surface area contributed by atoms with Crippen molar-refractivity contribution in [2.75, 3.05) is 39.6 Å². The van der Waals surface area contributed by atoms with Crippen LogP contribution in [0.2, 0.25) is 0 Å². The Morgan fingerprint density at radius 2 is 2.23 bits per heavy atom. The van der Waals surface area contributed by atoms with Gasteiger partial charge in [-0.2, -0.15) is 0 Å². The molecular weight excluding hydrogens is 184 g/mol. The fourth-order valence-corrected chi connectivity index (χ4v) is 1.81. The molecule has 0 bridgehead atoms. The van der Waals surface area contributed by atoms with E-state index in [4.69, 9.17) is 11.6 Å². The molecule has 1 aliphatic rings. The van der Waals surface area contributed by atoms with E-state index in [1.165, 1.54) is 19.5 Å². The Hall–Kier alpha value is -0.0500. The molecule has 3 heteroatoms. The summed E-state index contributed by atoms with van der Waals surface area (Å²) in [6, 6.07) is 0.740. The van der Waals surface area contributed by atoms with Gasteiger partial charge < -0.3 is 4.90 Å². The minimum absolute atomic E-state index is 0.630. The zero-order valence-corrected chi connectivity index (χ0v) is 9.30. The molecule has 1 rings (SSSR count). The second kappa shape index (κ2) is 5.63. The van der Waals surface area contributed by atoms with Gasteiger partial charge in [0.1, 0.15) is 0 Å². The number of likely N-dealkylation sites (N-methyl/N-ethyl adjacent to an activating group) is 1. The largest absolute Gasteiger partial charge is 0.305 e. The lowest BCUT2D eigenvalue weighted by Gasteiger charge is -2.19. The maximum absolute atomic E-state index is 5.55. The van der Waals surface area contributed by atoms with Gasteiger partial charge in [0, 0.05) is 31.6 Å². The van der Waals surface area contributed by atoms with Crippen molar-refractivity contribution in [2.45, 2.75) is 12.5 Å². The Kier molecular flexibility index (Phi) is 4.78. The number of nitrogens with zero attached hydrogens (tertiary/aromatic N) is 2. The van der Waals surface area contributed by atoms with Gasteiger partial charge in [0.25, 0.3) is 0 Å². The van der Waals surface area contributed by atoms with E-state index in [9.17, 15) is 0 Å². The molecule has 0 radical (unpaired) electrons. The van der Waals surface area contributed by atoms with Gasteiger partial charge in [-0.1, -0.05) is 12.2 Å². The Balaban J connectivity index is 2.21. The molecule has 0 amide bonds. The van der Waals surface area contributed by atoms with E-state index in [0.717, 1.165) is 12.6 Å². The van der Waals surface area contributed by atoms with Gasteiger partial charge >= 0.3 is 0 Å².